The van der Waals surface area contributed by atoms with Crippen LogP contribution in [0.25, 0.3) is 5.69 Å². The van der Waals surface area contributed by atoms with Crippen LogP contribution in [0, 0.1) is 0 Å². The fourth-order valence-electron chi connectivity index (χ4n) is 4.22. The molecule has 0 radical (unpaired) electrons. The highest BCUT2D eigenvalue weighted by Crippen LogP contribution is 2.47. The van der Waals surface area contributed by atoms with Gasteiger partial charge in [-0.3, -0.25) is 9.36 Å². The highest BCUT2D eigenvalue weighted by molar-refractivity contribution is 5.70. The molecule has 1 aliphatic rings. The lowest BCUT2D eigenvalue weighted by Gasteiger charge is -2.25. The third-order valence-electron chi connectivity index (χ3n) is 5.75. The number of para-hydroxylation sites is 1. The lowest BCUT2D eigenvalue weighted by atomic mass is 9.96. The summed E-state index contributed by atoms with van der Waals surface area (Å²) in [4.78, 5) is 12.4. The summed E-state index contributed by atoms with van der Waals surface area (Å²) in [6.07, 6.45) is -10.9. The number of alkyl halides is 5. The average molecular weight is 527 g/mol. The zero-order valence-electron chi connectivity index (χ0n) is 19.9. The predicted molar refractivity (Wildman–Crippen MR) is 118 cm³/mol. The van der Waals surface area contributed by atoms with E-state index in [0.717, 1.165) is 22.8 Å². The minimum Gasteiger partial charge on any atom is -0.493 e. The first-order valence-corrected chi connectivity index (χ1v) is 11.1. The molecule has 2 unspecified atom stereocenters. The van der Waals surface area contributed by atoms with Gasteiger partial charge in [0.2, 0.25) is 5.82 Å². The Balaban J connectivity index is 2.02. The quantitative estimate of drug-likeness (QED) is 0.302. The first kappa shape index (κ1) is 26.3. The fourth-order valence-corrected chi connectivity index (χ4v) is 4.22. The van der Waals surface area contributed by atoms with Gasteiger partial charge in [0.25, 0.3) is 6.43 Å². The van der Waals surface area contributed by atoms with Gasteiger partial charge in [-0.15, -0.1) is 10.2 Å². The van der Waals surface area contributed by atoms with Gasteiger partial charge in [-0.25, -0.2) is 8.78 Å². The van der Waals surface area contributed by atoms with Crippen LogP contribution in [0.3, 0.4) is 0 Å². The van der Waals surface area contributed by atoms with Crippen LogP contribution in [0.1, 0.15) is 60.3 Å². The molecule has 13 heteroatoms. The maximum absolute atomic E-state index is 14.0. The van der Waals surface area contributed by atoms with Crippen molar-refractivity contribution in [2.75, 3.05) is 20.8 Å². The molecule has 3 aromatic rings. The van der Waals surface area contributed by atoms with Crippen LogP contribution in [0.5, 0.6) is 11.5 Å². The summed E-state index contributed by atoms with van der Waals surface area (Å²) < 4.78 is 92.0. The van der Waals surface area contributed by atoms with Gasteiger partial charge in [-0.1, -0.05) is 12.1 Å². The largest absolute Gasteiger partial charge is 0.493 e. The number of fused-ring (bicyclic) bond motifs is 3. The van der Waals surface area contributed by atoms with E-state index in [2.05, 4.69) is 10.2 Å². The first-order valence-electron chi connectivity index (χ1n) is 11.1. The van der Waals surface area contributed by atoms with E-state index in [1.165, 1.54) is 20.3 Å². The number of benzene rings is 2. The fraction of sp³-hybridized carbons (Fsp3) is 0.375. The number of hydrogen-bond acceptors (Lipinski definition) is 7. The molecule has 0 aliphatic carbocycles. The Bertz CT molecular complexity index is 1290. The van der Waals surface area contributed by atoms with Gasteiger partial charge < -0.3 is 18.9 Å². The molecule has 0 saturated heterocycles. The minimum atomic E-state index is -4.74. The van der Waals surface area contributed by atoms with Gasteiger partial charge >= 0.3 is 12.1 Å². The number of nitrogens with zero attached hydrogens (tertiary/aromatic N) is 3. The molecule has 2 atom stereocenters. The van der Waals surface area contributed by atoms with E-state index in [9.17, 15) is 26.7 Å². The van der Waals surface area contributed by atoms with E-state index in [4.69, 9.17) is 18.9 Å². The predicted octanol–water partition coefficient (Wildman–Crippen LogP) is 5.35. The average Bonchev–Trinajstić information content (AvgIpc) is 3.25. The van der Waals surface area contributed by atoms with E-state index in [1.54, 1.807) is 19.1 Å². The van der Waals surface area contributed by atoms with Gasteiger partial charge in [-0.2, -0.15) is 13.2 Å². The van der Waals surface area contributed by atoms with Gasteiger partial charge in [-0.05, 0) is 31.2 Å². The highest BCUT2D eigenvalue weighted by Gasteiger charge is 2.40. The van der Waals surface area contributed by atoms with Crippen molar-refractivity contribution in [1.29, 1.82) is 0 Å². The summed E-state index contributed by atoms with van der Waals surface area (Å²) in [7, 11) is 2.72. The molecular formula is C24H22F5N3O5. The second-order valence-electron chi connectivity index (χ2n) is 7.92. The number of esters is 1. The Kier molecular flexibility index (Phi) is 7.35. The molecular weight excluding hydrogens is 505 g/mol. The Morgan fingerprint density at radius 3 is 2.49 bits per heavy atom. The summed E-state index contributed by atoms with van der Waals surface area (Å²) >= 11 is 0. The molecule has 4 rings (SSSR count). The molecule has 1 aliphatic heterocycles. The van der Waals surface area contributed by atoms with E-state index < -0.39 is 48.6 Å². The van der Waals surface area contributed by atoms with E-state index >= 15 is 0 Å². The van der Waals surface area contributed by atoms with Gasteiger partial charge in [0.15, 0.2) is 17.3 Å². The third-order valence-corrected chi connectivity index (χ3v) is 5.75. The smallest absolute Gasteiger partial charge is 0.416 e. The van der Waals surface area contributed by atoms with Crippen molar-refractivity contribution in [2.45, 2.75) is 38.2 Å². The van der Waals surface area contributed by atoms with Crippen molar-refractivity contribution in [2.24, 2.45) is 0 Å². The second kappa shape index (κ2) is 10.3. The number of ether oxygens (including phenoxy) is 4. The summed E-state index contributed by atoms with van der Waals surface area (Å²) in [6.45, 7) is 1.63. The third kappa shape index (κ3) is 4.95. The van der Waals surface area contributed by atoms with Crippen molar-refractivity contribution in [3.8, 4) is 17.2 Å². The monoisotopic (exact) mass is 527 g/mol. The SMILES string of the molecule is CCOC(=O)CC1OC(c2cccc(OC)c2OC)c2cc(C(F)(F)F)ccc2-n2c(C(F)F)nnc21. The molecule has 37 heavy (non-hydrogen) atoms. The molecule has 2 heterocycles. The normalized spacial score (nSPS) is 17.1. The number of carbonyl (C=O) groups excluding carboxylic acids is 1. The number of halogens is 5. The van der Waals surface area contributed by atoms with Crippen molar-refractivity contribution < 1.29 is 45.7 Å². The van der Waals surface area contributed by atoms with Crippen molar-refractivity contribution in [1.82, 2.24) is 14.8 Å². The molecule has 0 N–H and O–H groups in total. The molecule has 0 amide bonds. The van der Waals surface area contributed by atoms with Crippen molar-refractivity contribution >= 4 is 5.97 Å². The number of hydrogen-bond donors (Lipinski definition) is 0. The van der Waals surface area contributed by atoms with Crippen LogP contribution in [0.2, 0.25) is 0 Å². The molecule has 0 fully saturated rings. The Labute approximate surface area is 207 Å². The van der Waals surface area contributed by atoms with Crippen LogP contribution in [0.15, 0.2) is 36.4 Å². The Morgan fingerprint density at radius 1 is 1.11 bits per heavy atom. The number of carbonyl (C=O) groups is 1. The molecule has 198 valence electrons. The summed E-state index contributed by atoms with van der Waals surface area (Å²) in [5.74, 6) is -1.31. The number of aromatic nitrogens is 3. The van der Waals surface area contributed by atoms with Crippen LogP contribution < -0.4 is 9.47 Å². The topological polar surface area (TPSA) is 84.7 Å². The van der Waals surface area contributed by atoms with Gasteiger partial charge in [0.05, 0.1) is 38.5 Å². The van der Waals surface area contributed by atoms with E-state index in [0.29, 0.717) is 0 Å². The number of methoxy groups -OCH3 is 2. The maximum atomic E-state index is 14.0. The maximum Gasteiger partial charge on any atom is 0.416 e. The minimum absolute atomic E-state index is 0.0445. The molecule has 0 bridgehead atoms. The van der Waals surface area contributed by atoms with E-state index in [1.807, 2.05) is 0 Å². The lowest BCUT2D eigenvalue weighted by Crippen LogP contribution is -2.17. The Morgan fingerprint density at radius 2 is 1.86 bits per heavy atom. The zero-order chi connectivity index (χ0) is 26.9. The highest BCUT2D eigenvalue weighted by atomic mass is 19.4. The van der Waals surface area contributed by atoms with Gasteiger partial charge in [0, 0.05) is 11.1 Å². The standard InChI is InChI=1S/C24H22F5N3O5/c1-4-36-18(33)11-17-22-30-31-23(21(25)26)32(22)15-9-8-12(24(27,28)29)10-14(15)19(37-17)13-6-5-7-16(34-2)20(13)35-3/h5-10,17,19,21H,4,11H2,1-3H3. The number of rotatable bonds is 7. The zero-order valence-corrected chi connectivity index (χ0v) is 19.9. The van der Waals surface area contributed by atoms with Crippen LogP contribution in [-0.4, -0.2) is 41.6 Å². The summed E-state index contributed by atoms with van der Waals surface area (Å²) in [5, 5.41) is 7.36. The molecule has 0 spiro atoms. The van der Waals surface area contributed by atoms with Crippen molar-refractivity contribution in [3.63, 3.8) is 0 Å². The Hall–Kier alpha value is -3.74. The van der Waals surface area contributed by atoms with Crippen LogP contribution >= 0.6 is 0 Å². The van der Waals surface area contributed by atoms with E-state index in [-0.39, 0.29) is 40.7 Å². The van der Waals surface area contributed by atoms with Gasteiger partial charge in [0.1, 0.15) is 12.2 Å². The molecule has 2 aromatic carbocycles. The lowest BCUT2D eigenvalue weighted by molar-refractivity contribution is -0.147. The molecule has 1 aromatic heterocycles. The van der Waals surface area contributed by atoms with Crippen LogP contribution in [0.4, 0.5) is 22.0 Å². The molecule has 8 nitrogen and oxygen atoms in total. The molecule has 0 saturated carbocycles. The summed E-state index contributed by atoms with van der Waals surface area (Å²) in [5.41, 5.74) is -0.965. The van der Waals surface area contributed by atoms with Crippen LogP contribution in [-0.2, 0) is 20.4 Å². The first-order chi connectivity index (χ1) is 17.6. The van der Waals surface area contributed by atoms with Crippen molar-refractivity contribution in [3.05, 3.63) is 64.7 Å². The second-order valence-corrected chi connectivity index (χ2v) is 7.92. The summed E-state index contributed by atoms with van der Waals surface area (Å²) in [6, 6.07) is 7.31.